The second-order valence-electron chi connectivity index (χ2n) is 6.63. The van der Waals surface area contributed by atoms with Crippen molar-refractivity contribution >= 4 is 18.0 Å². The van der Waals surface area contributed by atoms with Gasteiger partial charge in [0.2, 0.25) is 0 Å². The summed E-state index contributed by atoms with van der Waals surface area (Å²) in [6.45, 7) is 13.2. The van der Waals surface area contributed by atoms with Gasteiger partial charge < -0.3 is 19.5 Å². The van der Waals surface area contributed by atoms with Crippen LogP contribution in [0, 0.1) is 17.8 Å². The molecule has 1 N–H and O–H groups in total. The van der Waals surface area contributed by atoms with Crippen LogP contribution in [0.15, 0.2) is 12.2 Å². The monoisotopic (exact) mass is 357 g/mol. The average Bonchev–Trinajstić information content (AvgIpc) is 2.52. The van der Waals surface area contributed by atoms with Crippen molar-refractivity contribution in [2.75, 3.05) is 26.4 Å². The predicted octanol–water partition coefficient (Wildman–Crippen LogP) is 2.69. The number of esters is 2. The fourth-order valence-electron chi connectivity index (χ4n) is 2.00. The van der Waals surface area contributed by atoms with Gasteiger partial charge in [0.15, 0.2) is 0 Å². The third-order valence-electron chi connectivity index (χ3n) is 3.35. The second-order valence-corrected chi connectivity index (χ2v) is 6.63. The number of alkyl carbamates (subject to hydrolysis) is 1. The van der Waals surface area contributed by atoms with Crippen LogP contribution in [0.4, 0.5) is 4.79 Å². The third-order valence-corrected chi connectivity index (χ3v) is 3.35. The maximum absolute atomic E-state index is 12.1. The van der Waals surface area contributed by atoms with Crippen LogP contribution in [-0.4, -0.2) is 44.4 Å². The van der Waals surface area contributed by atoms with Crippen molar-refractivity contribution in [3.63, 3.8) is 0 Å². The highest BCUT2D eigenvalue weighted by atomic mass is 16.6. The first kappa shape index (κ1) is 22.9. The van der Waals surface area contributed by atoms with Gasteiger partial charge in [0.25, 0.3) is 0 Å². The largest absolute Gasteiger partial charge is 0.462 e. The Kier molecular flexibility index (Phi) is 11.3. The first-order chi connectivity index (χ1) is 11.6. The van der Waals surface area contributed by atoms with Gasteiger partial charge in [-0.25, -0.2) is 9.59 Å². The molecule has 0 rings (SSSR count). The molecular formula is C18H31NO6. The zero-order valence-corrected chi connectivity index (χ0v) is 15.9. The SMILES string of the molecule is C=C(C)C(=O)OCCNC(=O)OCCOC(=O)C(CC(C)C)C(C)C. The van der Waals surface area contributed by atoms with Gasteiger partial charge in [0.05, 0.1) is 12.5 Å². The Morgan fingerprint density at radius 2 is 1.56 bits per heavy atom. The topological polar surface area (TPSA) is 90.9 Å². The second kappa shape index (κ2) is 12.3. The molecule has 0 saturated carbocycles. The van der Waals surface area contributed by atoms with E-state index in [4.69, 9.17) is 14.2 Å². The number of rotatable bonds is 11. The Balaban J connectivity index is 3.88. The number of hydrogen-bond donors (Lipinski definition) is 1. The van der Waals surface area contributed by atoms with Gasteiger partial charge in [0.1, 0.15) is 19.8 Å². The highest BCUT2D eigenvalue weighted by Crippen LogP contribution is 2.21. The fraction of sp³-hybridized carbons (Fsp3) is 0.722. The lowest BCUT2D eigenvalue weighted by Gasteiger charge is -2.21. The summed E-state index contributed by atoms with van der Waals surface area (Å²) in [4.78, 5) is 34.6. The van der Waals surface area contributed by atoms with Crippen LogP contribution in [0.1, 0.15) is 41.0 Å². The molecule has 1 unspecified atom stereocenters. The number of ether oxygens (including phenoxy) is 3. The summed E-state index contributed by atoms with van der Waals surface area (Å²) in [5.74, 6) is -0.332. The van der Waals surface area contributed by atoms with Gasteiger partial charge in [-0.05, 0) is 25.2 Å². The van der Waals surface area contributed by atoms with Crippen LogP contribution in [0.2, 0.25) is 0 Å². The van der Waals surface area contributed by atoms with Crippen molar-refractivity contribution < 1.29 is 28.6 Å². The van der Waals surface area contributed by atoms with Crippen molar-refractivity contribution in [1.82, 2.24) is 5.32 Å². The van der Waals surface area contributed by atoms with E-state index in [1.54, 1.807) is 0 Å². The normalized spacial score (nSPS) is 11.8. The van der Waals surface area contributed by atoms with Crippen molar-refractivity contribution in [1.29, 1.82) is 0 Å². The number of carbonyl (C=O) groups excluding carboxylic acids is 3. The summed E-state index contributed by atoms with van der Waals surface area (Å²) in [5.41, 5.74) is 0.293. The average molecular weight is 357 g/mol. The molecular weight excluding hydrogens is 326 g/mol. The smallest absolute Gasteiger partial charge is 0.407 e. The summed E-state index contributed by atoms with van der Waals surface area (Å²) in [6, 6.07) is 0. The van der Waals surface area contributed by atoms with Gasteiger partial charge in [-0.3, -0.25) is 4.79 Å². The van der Waals surface area contributed by atoms with Crippen LogP contribution < -0.4 is 5.32 Å². The molecule has 0 spiro atoms. The van der Waals surface area contributed by atoms with Gasteiger partial charge in [-0.2, -0.15) is 0 Å². The molecule has 25 heavy (non-hydrogen) atoms. The predicted molar refractivity (Wildman–Crippen MR) is 93.9 cm³/mol. The van der Waals surface area contributed by atoms with E-state index in [-0.39, 0.29) is 44.2 Å². The quantitative estimate of drug-likeness (QED) is 0.265. The van der Waals surface area contributed by atoms with E-state index < -0.39 is 12.1 Å². The molecule has 7 heteroatoms. The Labute approximate surface area is 150 Å². The molecule has 7 nitrogen and oxygen atoms in total. The number of nitrogens with one attached hydrogen (secondary N) is 1. The lowest BCUT2D eigenvalue weighted by Crippen LogP contribution is -2.30. The molecule has 0 saturated heterocycles. The van der Waals surface area contributed by atoms with E-state index in [1.807, 2.05) is 13.8 Å². The number of amides is 1. The summed E-state index contributed by atoms with van der Waals surface area (Å²) in [7, 11) is 0. The van der Waals surface area contributed by atoms with Crippen molar-refractivity contribution in [2.45, 2.75) is 41.0 Å². The van der Waals surface area contributed by atoms with Gasteiger partial charge >= 0.3 is 18.0 Å². The molecule has 144 valence electrons. The number of hydrogen-bond acceptors (Lipinski definition) is 6. The van der Waals surface area contributed by atoms with Crippen LogP contribution in [0.25, 0.3) is 0 Å². The first-order valence-electron chi connectivity index (χ1n) is 8.55. The van der Waals surface area contributed by atoms with Gasteiger partial charge in [-0.1, -0.05) is 34.3 Å². The highest BCUT2D eigenvalue weighted by molar-refractivity contribution is 5.86. The maximum Gasteiger partial charge on any atom is 0.407 e. The Hall–Kier alpha value is -2.05. The minimum absolute atomic E-state index is 0.0121. The molecule has 0 bridgehead atoms. The molecule has 0 radical (unpaired) electrons. The standard InChI is InChI=1S/C18H31NO6/c1-12(2)11-15(13(3)4)17(21)24-9-10-25-18(22)19-7-8-23-16(20)14(5)6/h12-13,15H,5,7-11H2,1-4,6H3,(H,19,22). The maximum atomic E-state index is 12.1. The van der Waals surface area contributed by atoms with E-state index >= 15 is 0 Å². The minimum Gasteiger partial charge on any atom is -0.462 e. The Morgan fingerprint density at radius 3 is 2.08 bits per heavy atom. The summed E-state index contributed by atoms with van der Waals surface area (Å²) in [6.07, 6.45) is 0.103. The Bertz CT molecular complexity index is 458. The fourth-order valence-corrected chi connectivity index (χ4v) is 2.00. The Morgan fingerprint density at radius 1 is 0.960 bits per heavy atom. The molecule has 0 aliphatic rings. The molecule has 0 aromatic carbocycles. The van der Waals surface area contributed by atoms with E-state index in [0.717, 1.165) is 6.42 Å². The third kappa shape index (κ3) is 11.2. The van der Waals surface area contributed by atoms with E-state index in [9.17, 15) is 14.4 Å². The van der Waals surface area contributed by atoms with E-state index in [1.165, 1.54) is 6.92 Å². The van der Waals surface area contributed by atoms with Crippen molar-refractivity contribution in [2.24, 2.45) is 17.8 Å². The van der Waals surface area contributed by atoms with Gasteiger partial charge in [0, 0.05) is 5.57 Å². The zero-order chi connectivity index (χ0) is 19.4. The molecule has 0 aliphatic carbocycles. The lowest BCUT2D eigenvalue weighted by molar-refractivity contribution is -0.151. The summed E-state index contributed by atoms with van der Waals surface area (Å²) < 4.78 is 14.9. The van der Waals surface area contributed by atoms with Crippen molar-refractivity contribution in [3.05, 3.63) is 12.2 Å². The molecule has 0 aromatic rings. The van der Waals surface area contributed by atoms with Crippen LogP contribution in [0.5, 0.6) is 0 Å². The first-order valence-corrected chi connectivity index (χ1v) is 8.55. The molecule has 1 amide bonds. The highest BCUT2D eigenvalue weighted by Gasteiger charge is 2.24. The molecule has 0 aromatic heterocycles. The van der Waals surface area contributed by atoms with Crippen LogP contribution >= 0.6 is 0 Å². The lowest BCUT2D eigenvalue weighted by atomic mass is 9.88. The zero-order valence-electron chi connectivity index (χ0n) is 15.9. The molecule has 0 heterocycles. The minimum atomic E-state index is -0.662. The van der Waals surface area contributed by atoms with E-state index in [2.05, 4.69) is 25.7 Å². The van der Waals surface area contributed by atoms with E-state index in [0.29, 0.717) is 11.5 Å². The molecule has 1 atom stereocenters. The van der Waals surface area contributed by atoms with Crippen molar-refractivity contribution in [3.8, 4) is 0 Å². The van der Waals surface area contributed by atoms with Crippen LogP contribution in [0.3, 0.4) is 0 Å². The molecule has 0 fully saturated rings. The van der Waals surface area contributed by atoms with Gasteiger partial charge in [-0.15, -0.1) is 0 Å². The van der Waals surface area contributed by atoms with Crippen LogP contribution in [-0.2, 0) is 23.8 Å². The number of carbonyl (C=O) groups is 3. The summed E-state index contributed by atoms with van der Waals surface area (Å²) >= 11 is 0. The summed E-state index contributed by atoms with van der Waals surface area (Å²) in [5, 5.41) is 2.42. The molecule has 0 aliphatic heterocycles.